The molecule has 0 bridgehead atoms. The Labute approximate surface area is 184 Å². The van der Waals surface area contributed by atoms with Gasteiger partial charge in [0.15, 0.2) is 5.16 Å². The molecule has 0 atom stereocenters. The van der Waals surface area contributed by atoms with Crippen molar-refractivity contribution in [3.05, 3.63) is 96.4 Å². The molecule has 1 N–H and O–H groups in total. The third-order valence-corrected chi connectivity index (χ3v) is 5.76. The van der Waals surface area contributed by atoms with Gasteiger partial charge in [0, 0.05) is 16.7 Å². The van der Waals surface area contributed by atoms with Crippen LogP contribution in [0.4, 0.5) is 0 Å². The summed E-state index contributed by atoms with van der Waals surface area (Å²) in [5.41, 5.74) is 6.25. The van der Waals surface area contributed by atoms with Crippen LogP contribution in [0.5, 0.6) is 0 Å². The molecule has 0 spiro atoms. The first-order valence-corrected chi connectivity index (χ1v) is 11.0. The van der Waals surface area contributed by atoms with E-state index in [1.54, 1.807) is 11.8 Å². The summed E-state index contributed by atoms with van der Waals surface area (Å²) in [5, 5.41) is 4.93. The number of rotatable bonds is 6. The Morgan fingerprint density at radius 1 is 0.774 bits per heavy atom. The molecular weight excluding hydrogens is 404 g/mol. The van der Waals surface area contributed by atoms with Crippen LogP contribution >= 0.6 is 11.8 Å². The van der Waals surface area contributed by atoms with Gasteiger partial charge >= 0.3 is 0 Å². The molecule has 0 amide bonds. The molecule has 0 unspecified atom stereocenters. The second-order valence-corrected chi connectivity index (χ2v) is 8.13. The summed E-state index contributed by atoms with van der Waals surface area (Å²) in [4.78, 5) is 12.9. The molecule has 31 heavy (non-hydrogen) atoms. The van der Waals surface area contributed by atoms with E-state index in [0.717, 1.165) is 33.2 Å². The van der Waals surface area contributed by atoms with Crippen LogP contribution < -0.4 is 0 Å². The highest BCUT2D eigenvalue weighted by molar-refractivity contribution is 7.98. The van der Waals surface area contributed by atoms with Crippen LogP contribution in [0.1, 0.15) is 11.5 Å². The van der Waals surface area contributed by atoms with Crippen molar-refractivity contribution in [2.75, 3.05) is 0 Å². The highest BCUT2D eigenvalue weighted by Crippen LogP contribution is 2.33. The van der Waals surface area contributed by atoms with E-state index in [4.69, 9.17) is 9.51 Å². The van der Waals surface area contributed by atoms with Gasteiger partial charge in [0.1, 0.15) is 0 Å². The maximum absolute atomic E-state index is 5.45. The number of imidazole rings is 1. The van der Waals surface area contributed by atoms with Crippen LogP contribution in [0.2, 0.25) is 0 Å². The minimum absolute atomic E-state index is 0.537. The summed E-state index contributed by atoms with van der Waals surface area (Å²) in [6.45, 7) is 2.05. The second kappa shape index (κ2) is 8.62. The van der Waals surface area contributed by atoms with E-state index in [1.165, 1.54) is 5.56 Å². The largest absolute Gasteiger partial charge is 0.338 e. The van der Waals surface area contributed by atoms with Crippen LogP contribution in [-0.2, 0) is 5.75 Å². The number of hydrogen-bond donors (Lipinski definition) is 1. The van der Waals surface area contributed by atoms with Gasteiger partial charge in [0.2, 0.25) is 11.7 Å². The number of hydrogen-bond acceptors (Lipinski definition) is 5. The second-order valence-electron chi connectivity index (χ2n) is 7.16. The highest BCUT2D eigenvalue weighted by atomic mass is 32.2. The zero-order valence-corrected chi connectivity index (χ0v) is 17.8. The molecule has 5 nitrogen and oxygen atoms in total. The smallest absolute Gasteiger partial charge is 0.237 e. The van der Waals surface area contributed by atoms with Crippen molar-refractivity contribution in [2.45, 2.75) is 17.8 Å². The average Bonchev–Trinajstić information content (AvgIpc) is 3.47. The Balaban J connectivity index is 1.39. The number of benzene rings is 3. The van der Waals surface area contributed by atoms with Gasteiger partial charge in [-0.15, -0.1) is 0 Å². The maximum atomic E-state index is 5.45. The number of thioether (sulfide) groups is 1. The summed E-state index contributed by atoms with van der Waals surface area (Å²) in [6.07, 6.45) is 0. The van der Waals surface area contributed by atoms with Crippen molar-refractivity contribution >= 4 is 11.8 Å². The molecule has 0 saturated carbocycles. The predicted molar refractivity (Wildman–Crippen MR) is 123 cm³/mol. The molecule has 2 aromatic heterocycles. The van der Waals surface area contributed by atoms with E-state index in [9.17, 15) is 0 Å². The van der Waals surface area contributed by atoms with Gasteiger partial charge in [-0.3, -0.25) is 0 Å². The van der Waals surface area contributed by atoms with E-state index in [0.29, 0.717) is 17.5 Å². The van der Waals surface area contributed by atoms with Crippen molar-refractivity contribution in [1.29, 1.82) is 0 Å². The zero-order valence-electron chi connectivity index (χ0n) is 16.9. The molecular formula is C25H20N4OS. The number of aromatic amines is 1. The van der Waals surface area contributed by atoms with Crippen molar-refractivity contribution in [2.24, 2.45) is 0 Å². The van der Waals surface area contributed by atoms with Gasteiger partial charge < -0.3 is 9.51 Å². The van der Waals surface area contributed by atoms with Crippen LogP contribution in [0, 0.1) is 6.92 Å². The SMILES string of the molecule is Cc1ccc(-c2noc(CSc3nc(-c4ccccc4)c(-c4ccccc4)[nH]3)n2)cc1. The minimum Gasteiger partial charge on any atom is -0.338 e. The lowest BCUT2D eigenvalue weighted by molar-refractivity contribution is 0.391. The van der Waals surface area contributed by atoms with Crippen molar-refractivity contribution in [3.8, 4) is 33.9 Å². The fraction of sp³-hybridized carbons (Fsp3) is 0.0800. The van der Waals surface area contributed by atoms with Gasteiger partial charge in [0.05, 0.1) is 17.1 Å². The first-order chi connectivity index (χ1) is 15.3. The van der Waals surface area contributed by atoms with Crippen molar-refractivity contribution in [3.63, 3.8) is 0 Å². The molecule has 6 heteroatoms. The van der Waals surface area contributed by atoms with Gasteiger partial charge in [-0.05, 0) is 6.92 Å². The molecule has 0 saturated heterocycles. The Hall–Kier alpha value is -3.64. The molecule has 0 radical (unpaired) electrons. The number of H-pyrrole nitrogens is 1. The monoisotopic (exact) mass is 424 g/mol. The molecule has 3 aromatic carbocycles. The van der Waals surface area contributed by atoms with Gasteiger partial charge in [-0.25, -0.2) is 4.98 Å². The van der Waals surface area contributed by atoms with Crippen LogP contribution in [0.3, 0.4) is 0 Å². The summed E-state index contributed by atoms with van der Waals surface area (Å²) < 4.78 is 5.45. The Bertz CT molecular complexity index is 1220. The molecule has 0 aliphatic carbocycles. The summed E-state index contributed by atoms with van der Waals surface area (Å²) in [6, 6.07) is 28.5. The number of aryl methyl sites for hydroxylation is 1. The standard InChI is InChI=1S/C25H20N4OS/c1-17-12-14-20(15-13-17)24-26-21(30-29-24)16-31-25-27-22(18-8-4-2-5-9-18)23(28-25)19-10-6-3-7-11-19/h2-15H,16H2,1H3,(H,27,28). The molecule has 5 aromatic rings. The predicted octanol–water partition coefficient (Wildman–Crippen LogP) is 6.39. The van der Waals surface area contributed by atoms with Crippen molar-refractivity contribution in [1.82, 2.24) is 20.1 Å². The molecule has 0 fully saturated rings. The van der Waals surface area contributed by atoms with E-state index in [1.807, 2.05) is 60.7 Å². The fourth-order valence-electron chi connectivity index (χ4n) is 3.30. The topological polar surface area (TPSA) is 67.6 Å². The van der Waals surface area contributed by atoms with Crippen LogP contribution in [-0.4, -0.2) is 20.1 Å². The van der Waals surface area contributed by atoms with Gasteiger partial charge in [-0.1, -0.05) is 107 Å². The van der Waals surface area contributed by atoms with E-state index in [-0.39, 0.29) is 0 Å². The maximum Gasteiger partial charge on any atom is 0.237 e. The number of nitrogens with zero attached hydrogens (tertiary/aromatic N) is 3. The molecule has 5 rings (SSSR count). The summed E-state index contributed by atoms with van der Waals surface area (Å²) >= 11 is 1.55. The van der Waals surface area contributed by atoms with Crippen molar-refractivity contribution < 1.29 is 4.52 Å². The normalized spacial score (nSPS) is 11.0. The molecule has 0 aliphatic heterocycles. The quantitative estimate of drug-likeness (QED) is 0.320. The van der Waals surface area contributed by atoms with Crippen LogP contribution in [0.25, 0.3) is 33.9 Å². The molecule has 0 aliphatic rings. The Morgan fingerprint density at radius 2 is 1.45 bits per heavy atom. The zero-order chi connectivity index (χ0) is 21.0. The van der Waals surface area contributed by atoms with E-state index in [2.05, 4.69) is 46.3 Å². The van der Waals surface area contributed by atoms with E-state index < -0.39 is 0 Å². The number of nitrogens with one attached hydrogen (secondary N) is 1. The third-order valence-electron chi connectivity index (χ3n) is 4.90. The first kappa shape index (κ1) is 19.3. The highest BCUT2D eigenvalue weighted by Gasteiger charge is 2.16. The minimum atomic E-state index is 0.537. The molecule has 2 heterocycles. The summed E-state index contributed by atoms with van der Waals surface area (Å²) in [7, 11) is 0. The average molecular weight is 425 g/mol. The molecule has 152 valence electrons. The third kappa shape index (κ3) is 4.29. The lowest BCUT2D eigenvalue weighted by Gasteiger charge is -2.02. The first-order valence-electron chi connectivity index (χ1n) is 9.99. The summed E-state index contributed by atoms with van der Waals surface area (Å²) in [5.74, 6) is 1.71. The lowest BCUT2D eigenvalue weighted by Crippen LogP contribution is -1.84. The van der Waals surface area contributed by atoms with E-state index >= 15 is 0 Å². The fourth-order valence-corrected chi connectivity index (χ4v) is 4.01. The van der Waals surface area contributed by atoms with Gasteiger partial charge in [0.25, 0.3) is 0 Å². The van der Waals surface area contributed by atoms with Crippen LogP contribution in [0.15, 0.2) is 94.6 Å². The van der Waals surface area contributed by atoms with Gasteiger partial charge in [-0.2, -0.15) is 4.98 Å². The Morgan fingerprint density at radius 3 is 2.16 bits per heavy atom. The Kier molecular flexibility index (Phi) is 5.37. The number of aromatic nitrogens is 4. The lowest BCUT2D eigenvalue weighted by atomic mass is 10.1.